The Kier molecular flexibility index (Phi) is 5.24. The number of para-hydroxylation sites is 1. The first-order valence-electron chi connectivity index (χ1n) is 9.48. The molecule has 0 unspecified atom stereocenters. The van der Waals surface area contributed by atoms with Gasteiger partial charge in [-0.2, -0.15) is 0 Å². The molecular formula is C23H21N3O3. The number of hydrogen-bond acceptors (Lipinski definition) is 4. The molecule has 0 spiro atoms. The van der Waals surface area contributed by atoms with Gasteiger partial charge in [0, 0.05) is 12.8 Å². The molecule has 1 N–H and O–H groups in total. The van der Waals surface area contributed by atoms with Crippen molar-refractivity contribution in [1.29, 1.82) is 0 Å². The Bertz CT molecular complexity index is 1190. The van der Waals surface area contributed by atoms with Gasteiger partial charge >= 0.3 is 0 Å². The van der Waals surface area contributed by atoms with Crippen LogP contribution in [0.4, 0.5) is 0 Å². The van der Waals surface area contributed by atoms with Gasteiger partial charge in [0.15, 0.2) is 0 Å². The number of furan rings is 1. The Balaban J connectivity index is 1.63. The van der Waals surface area contributed by atoms with Gasteiger partial charge in [0.05, 0.1) is 29.4 Å². The van der Waals surface area contributed by atoms with Gasteiger partial charge in [-0.15, -0.1) is 0 Å². The van der Waals surface area contributed by atoms with Gasteiger partial charge in [0.25, 0.3) is 5.56 Å². The van der Waals surface area contributed by atoms with E-state index < -0.39 is 0 Å². The van der Waals surface area contributed by atoms with E-state index in [9.17, 15) is 9.59 Å². The number of benzene rings is 2. The van der Waals surface area contributed by atoms with Crippen molar-refractivity contribution in [2.24, 2.45) is 0 Å². The molecule has 0 aliphatic heterocycles. The van der Waals surface area contributed by atoms with Crippen LogP contribution >= 0.6 is 0 Å². The van der Waals surface area contributed by atoms with Crippen LogP contribution < -0.4 is 10.9 Å². The van der Waals surface area contributed by atoms with Gasteiger partial charge < -0.3 is 9.73 Å². The van der Waals surface area contributed by atoms with Crippen molar-refractivity contribution in [3.63, 3.8) is 0 Å². The number of amides is 1. The van der Waals surface area contributed by atoms with E-state index in [0.29, 0.717) is 35.5 Å². The van der Waals surface area contributed by atoms with Crippen LogP contribution in [0.3, 0.4) is 0 Å². The molecule has 6 nitrogen and oxygen atoms in total. The first-order chi connectivity index (χ1) is 14.1. The SMILES string of the molecule is Cc1ccc(-n2c(CCC(=O)NCc3ccco3)nc3ccccc3c2=O)cc1. The number of rotatable bonds is 6. The Hall–Kier alpha value is -3.67. The third-order valence-corrected chi connectivity index (χ3v) is 4.75. The molecule has 0 bridgehead atoms. The van der Waals surface area contributed by atoms with Crippen molar-refractivity contribution < 1.29 is 9.21 Å². The Morgan fingerprint density at radius 2 is 1.86 bits per heavy atom. The molecule has 29 heavy (non-hydrogen) atoms. The third-order valence-electron chi connectivity index (χ3n) is 4.75. The molecule has 0 aliphatic carbocycles. The predicted molar refractivity (Wildman–Crippen MR) is 111 cm³/mol. The maximum absolute atomic E-state index is 13.2. The topological polar surface area (TPSA) is 77.1 Å². The summed E-state index contributed by atoms with van der Waals surface area (Å²) in [6.07, 6.45) is 2.13. The fraction of sp³-hybridized carbons (Fsp3) is 0.174. The Labute approximate surface area is 167 Å². The second-order valence-corrected chi connectivity index (χ2v) is 6.88. The number of hydrogen-bond donors (Lipinski definition) is 1. The quantitative estimate of drug-likeness (QED) is 0.549. The molecule has 2 aromatic carbocycles. The monoisotopic (exact) mass is 387 g/mol. The first kappa shape index (κ1) is 18.7. The van der Waals surface area contributed by atoms with E-state index in [1.165, 1.54) is 0 Å². The molecule has 6 heteroatoms. The van der Waals surface area contributed by atoms with Crippen LogP contribution in [0.15, 0.2) is 76.1 Å². The van der Waals surface area contributed by atoms with E-state index in [1.807, 2.05) is 49.4 Å². The van der Waals surface area contributed by atoms with E-state index >= 15 is 0 Å². The Morgan fingerprint density at radius 1 is 1.07 bits per heavy atom. The molecule has 0 radical (unpaired) electrons. The molecule has 146 valence electrons. The predicted octanol–water partition coefficient (Wildman–Crippen LogP) is 3.54. The summed E-state index contributed by atoms with van der Waals surface area (Å²) in [6.45, 7) is 2.33. The molecule has 4 rings (SSSR count). The fourth-order valence-electron chi connectivity index (χ4n) is 3.22. The summed E-state index contributed by atoms with van der Waals surface area (Å²) in [5.74, 6) is 1.13. The number of aromatic nitrogens is 2. The molecular weight excluding hydrogens is 366 g/mol. The molecule has 0 fully saturated rings. The lowest BCUT2D eigenvalue weighted by Crippen LogP contribution is -2.27. The van der Waals surface area contributed by atoms with Crippen LogP contribution in [0.1, 0.15) is 23.6 Å². The lowest BCUT2D eigenvalue weighted by atomic mass is 10.2. The number of carbonyl (C=O) groups excluding carboxylic acids is 1. The van der Waals surface area contributed by atoms with Gasteiger partial charge in [0.2, 0.25) is 5.91 Å². The van der Waals surface area contributed by atoms with Crippen molar-refractivity contribution >= 4 is 16.8 Å². The molecule has 0 atom stereocenters. The average molecular weight is 387 g/mol. The van der Waals surface area contributed by atoms with Gasteiger partial charge in [-0.05, 0) is 43.3 Å². The molecule has 1 amide bonds. The summed E-state index contributed by atoms with van der Waals surface area (Å²) in [4.78, 5) is 30.1. The minimum absolute atomic E-state index is 0.126. The maximum atomic E-state index is 13.2. The molecule has 2 heterocycles. The number of nitrogens with zero attached hydrogens (tertiary/aromatic N) is 2. The largest absolute Gasteiger partial charge is 0.467 e. The van der Waals surface area contributed by atoms with Crippen molar-refractivity contribution in [3.05, 3.63) is 94.4 Å². The third kappa shape index (κ3) is 4.11. The van der Waals surface area contributed by atoms with Crippen LogP contribution in [-0.2, 0) is 17.8 Å². The summed E-state index contributed by atoms with van der Waals surface area (Å²) < 4.78 is 6.82. The highest BCUT2D eigenvalue weighted by atomic mass is 16.3. The summed E-state index contributed by atoms with van der Waals surface area (Å²) in [5, 5.41) is 3.38. The van der Waals surface area contributed by atoms with Crippen LogP contribution in [-0.4, -0.2) is 15.5 Å². The van der Waals surface area contributed by atoms with E-state index in [-0.39, 0.29) is 17.9 Å². The molecule has 0 saturated carbocycles. The zero-order chi connectivity index (χ0) is 20.2. The summed E-state index contributed by atoms with van der Waals surface area (Å²) >= 11 is 0. The second-order valence-electron chi connectivity index (χ2n) is 6.88. The summed E-state index contributed by atoms with van der Waals surface area (Å²) in [7, 11) is 0. The van der Waals surface area contributed by atoms with Crippen molar-refractivity contribution in [2.75, 3.05) is 0 Å². The van der Waals surface area contributed by atoms with Gasteiger partial charge in [-0.1, -0.05) is 29.8 Å². The van der Waals surface area contributed by atoms with Crippen LogP contribution in [0, 0.1) is 6.92 Å². The van der Waals surface area contributed by atoms with Gasteiger partial charge in [0.1, 0.15) is 11.6 Å². The highest BCUT2D eigenvalue weighted by Gasteiger charge is 2.14. The lowest BCUT2D eigenvalue weighted by Gasteiger charge is -2.14. The first-order valence-corrected chi connectivity index (χ1v) is 9.48. The van der Waals surface area contributed by atoms with Crippen LogP contribution in [0.5, 0.6) is 0 Å². The Morgan fingerprint density at radius 3 is 2.62 bits per heavy atom. The second kappa shape index (κ2) is 8.14. The zero-order valence-electron chi connectivity index (χ0n) is 16.1. The van der Waals surface area contributed by atoms with Gasteiger partial charge in [-0.25, -0.2) is 4.98 Å². The minimum atomic E-state index is -0.134. The van der Waals surface area contributed by atoms with Gasteiger partial charge in [-0.3, -0.25) is 14.2 Å². The van der Waals surface area contributed by atoms with Crippen molar-refractivity contribution in [3.8, 4) is 5.69 Å². The number of fused-ring (bicyclic) bond motifs is 1. The number of aryl methyl sites for hydroxylation is 2. The molecule has 0 aliphatic rings. The average Bonchev–Trinajstić information content (AvgIpc) is 3.25. The van der Waals surface area contributed by atoms with E-state index in [4.69, 9.17) is 4.42 Å². The highest BCUT2D eigenvalue weighted by molar-refractivity contribution is 5.78. The standard InChI is InChI=1S/C23H21N3O3/c1-16-8-10-17(11-9-16)26-21(25-20-7-3-2-6-19(20)23(26)28)12-13-22(27)24-15-18-5-4-14-29-18/h2-11,14H,12-13,15H2,1H3,(H,24,27). The zero-order valence-corrected chi connectivity index (χ0v) is 16.1. The van der Waals surface area contributed by atoms with Crippen LogP contribution in [0.2, 0.25) is 0 Å². The highest BCUT2D eigenvalue weighted by Crippen LogP contribution is 2.15. The number of carbonyl (C=O) groups is 1. The van der Waals surface area contributed by atoms with Crippen molar-refractivity contribution in [1.82, 2.24) is 14.9 Å². The van der Waals surface area contributed by atoms with E-state index in [2.05, 4.69) is 10.3 Å². The number of nitrogens with one attached hydrogen (secondary N) is 1. The maximum Gasteiger partial charge on any atom is 0.265 e. The fourth-order valence-corrected chi connectivity index (χ4v) is 3.22. The molecule has 0 saturated heterocycles. The summed E-state index contributed by atoms with van der Waals surface area (Å²) in [5.41, 5.74) is 2.34. The van der Waals surface area contributed by atoms with Crippen molar-refractivity contribution in [2.45, 2.75) is 26.3 Å². The lowest BCUT2D eigenvalue weighted by molar-refractivity contribution is -0.121. The smallest absolute Gasteiger partial charge is 0.265 e. The van der Waals surface area contributed by atoms with E-state index in [1.54, 1.807) is 29.0 Å². The molecule has 4 aromatic rings. The normalized spacial score (nSPS) is 10.9. The van der Waals surface area contributed by atoms with Crippen LogP contribution in [0.25, 0.3) is 16.6 Å². The summed E-state index contributed by atoms with van der Waals surface area (Å²) in [6, 6.07) is 18.6. The minimum Gasteiger partial charge on any atom is -0.467 e. The molecule has 2 aromatic heterocycles. The van der Waals surface area contributed by atoms with E-state index in [0.717, 1.165) is 11.3 Å².